The second-order valence-corrected chi connectivity index (χ2v) is 13.8. The van der Waals surface area contributed by atoms with Crippen LogP contribution in [0.2, 0.25) is 0 Å². The van der Waals surface area contributed by atoms with Gasteiger partial charge in [0.25, 0.3) is 0 Å². The summed E-state index contributed by atoms with van der Waals surface area (Å²) in [5, 5.41) is 12.0. The topological polar surface area (TPSA) is 29.1 Å². The quantitative estimate of drug-likeness (QED) is 0.0517. The van der Waals surface area contributed by atoms with Crippen LogP contribution >= 0.6 is 0 Å². The Labute approximate surface area is 267 Å². The van der Waals surface area contributed by atoms with Crippen molar-refractivity contribution in [3.05, 3.63) is 0 Å². The smallest absolute Gasteiger partial charge is 0.191 e. The summed E-state index contributed by atoms with van der Waals surface area (Å²) in [6.45, 7) is 5.26. The summed E-state index contributed by atoms with van der Waals surface area (Å²) < 4.78 is 5.54. The molecule has 1 radical (unpaired) electrons. The van der Waals surface area contributed by atoms with Crippen molar-refractivity contribution in [2.45, 2.75) is 251 Å². The predicted molar refractivity (Wildman–Crippen MR) is 188 cm³/mol. The fourth-order valence-corrected chi connectivity index (χ4v) is 6.34. The molecule has 0 saturated heterocycles. The van der Waals surface area contributed by atoms with Crippen LogP contribution in [0.25, 0.3) is 0 Å². The van der Waals surface area contributed by atoms with E-state index in [2.05, 4.69) is 13.8 Å². The first-order valence-corrected chi connectivity index (χ1v) is 20.1. The van der Waals surface area contributed by atoms with Gasteiger partial charge in [0.05, 0.1) is 0 Å². The third kappa shape index (κ3) is 37.9. The molecule has 0 aliphatic heterocycles. The summed E-state index contributed by atoms with van der Waals surface area (Å²) in [5.41, 5.74) is 0. The number of rotatable bonds is 38. The predicted octanol–water partition coefficient (Wildman–Crippen LogP) is 14.8. The van der Waals surface area contributed by atoms with Gasteiger partial charge >= 0.3 is 0 Å². The van der Waals surface area contributed by atoms with Gasteiger partial charge < -0.3 is 4.74 Å². The van der Waals surface area contributed by atoms with Gasteiger partial charge in [-0.2, -0.15) is 0 Å². The van der Waals surface area contributed by atoms with Gasteiger partial charge in [-0.1, -0.05) is 226 Å². The molecule has 1 unspecified atom stereocenters. The van der Waals surface area contributed by atoms with Crippen LogP contribution in [0.5, 0.6) is 0 Å². The molecule has 0 aromatic heterocycles. The molecule has 0 spiro atoms. The van der Waals surface area contributed by atoms with E-state index in [1.54, 1.807) is 0 Å². The highest BCUT2D eigenvalue weighted by Crippen LogP contribution is 2.16. The first kappa shape index (κ1) is 41.9. The Kier molecular flexibility index (Phi) is 38.9. The average Bonchev–Trinajstić information content (AvgIpc) is 3.00. The lowest BCUT2D eigenvalue weighted by molar-refractivity contribution is -0.144. The minimum Gasteiger partial charge on any atom is -0.350 e. The first-order chi connectivity index (χ1) is 20.8. The van der Waals surface area contributed by atoms with Crippen molar-refractivity contribution in [1.82, 2.24) is 0 Å². The van der Waals surface area contributed by atoms with Crippen LogP contribution in [0.3, 0.4) is 0 Å². The summed E-state index contributed by atoms with van der Waals surface area (Å²) in [5.74, 6) is 0. The highest BCUT2D eigenvalue weighted by atomic mass is 16.6. The number of ether oxygens (including phenoxy) is 1. The largest absolute Gasteiger partial charge is 0.350 e. The van der Waals surface area contributed by atoms with Crippen molar-refractivity contribution in [2.24, 2.45) is 0 Å². The van der Waals surface area contributed by atoms with E-state index in [4.69, 9.17) is 4.74 Å². The van der Waals surface area contributed by atoms with E-state index < -0.39 is 6.29 Å². The molecule has 0 saturated carbocycles. The van der Waals surface area contributed by atoms with E-state index in [1.165, 1.54) is 212 Å². The number of hydrogen-bond acceptors (Lipinski definition) is 1. The van der Waals surface area contributed by atoms with E-state index in [0.717, 1.165) is 12.8 Å². The van der Waals surface area contributed by atoms with Gasteiger partial charge in [0.2, 0.25) is 0 Å². The van der Waals surface area contributed by atoms with Crippen molar-refractivity contribution >= 4 is 0 Å². The fraction of sp³-hybridized carbons (Fsp3) is 1.00. The lowest BCUT2D eigenvalue weighted by Crippen LogP contribution is -2.11. The third-order valence-corrected chi connectivity index (χ3v) is 9.35. The van der Waals surface area contributed by atoms with Crippen LogP contribution in [-0.4, -0.2) is 12.9 Å². The molecule has 0 aliphatic carbocycles. The SMILES string of the molecule is CCCCCCCCCCCCCCCCCCCCOC([O])CCCCCCCCCCCCCCCCCCC. The van der Waals surface area contributed by atoms with Gasteiger partial charge in [-0.15, -0.1) is 0 Å². The van der Waals surface area contributed by atoms with Crippen LogP contribution in [0.1, 0.15) is 245 Å². The summed E-state index contributed by atoms with van der Waals surface area (Å²) in [7, 11) is 0. The molecule has 2 nitrogen and oxygen atoms in total. The Morgan fingerprint density at radius 3 is 0.786 bits per heavy atom. The molecule has 2 heteroatoms. The van der Waals surface area contributed by atoms with Crippen molar-refractivity contribution in [3.63, 3.8) is 0 Å². The Balaban J connectivity index is 3.13. The fourth-order valence-electron chi connectivity index (χ4n) is 6.34. The second kappa shape index (κ2) is 38.9. The Hall–Kier alpha value is -0.0800. The summed E-state index contributed by atoms with van der Waals surface area (Å²) >= 11 is 0. The Bertz CT molecular complexity index is 451. The minimum absolute atomic E-state index is 0.672. The normalized spacial score (nSPS) is 12.4. The molecular weight excluding hydrogens is 512 g/mol. The Morgan fingerprint density at radius 2 is 0.524 bits per heavy atom. The maximum atomic E-state index is 12.0. The van der Waals surface area contributed by atoms with E-state index >= 15 is 0 Å². The zero-order chi connectivity index (χ0) is 30.4. The van der Waals surface area contributed by atoms with Crippen molar-refractivity contribution in [1.29, 1.82) is 0 Å². The maximum Gasteiger partial charge on any atom is 0.191 e. The van der Waals surface area contributed by atoms with Gasteiger partial charge in [-0.25, -0.2) is 5.11 Å². The molecule has 0 bridgehead atoms. The summed E-state index contributed by atoms with van der Waals surface area (Å²) in [6, 6.07) is 0. The molecule has 0 aromatic rings. The molecule has 42 heavy (non-hydrogen) atoms. The van der Waals surface area contributed by atoms with Gasteiger partial charge in [-0.05, 0) is 12.8 Å². The van der Waals surface area contributed by atoms with Gasteiger partial charge in [0.1, 0.15) is 0 Å². The molecular formula is C40H81O2. The van der Waals surface area contributed by atoms with Gasteiger partial charge in [0, 0.05) is 13.0 Å². The molecule has 0 aromatic carbocycles. The monoisotopic (exact) mass is 594 g/mol. The van der Waals surface area contributed by atoms with Gasteiger partial charge in [0.15, 0.2) is 6.29 Å². The van der Waals surface area contributed by atoms with Crippen LogP contribution < -0.4 is 0 Å². The lowest BCUT2D eigenvalue weighted by Gasteiger charge is -2.10. The highest BCUT2D eigenvalue weighted by Gasteiger charge is 2.05. The molecule has 0 fully saturated rings. The summed E-state index contributed by atoms with van der Waals surface area (Å²) in [6.07, 6.45) is 48.5. The zero-order valence-corrected chi connectivity index (χ0v) is 29.6. The van der Waals surface area contributed by atoms with E-state index in [9.17, 15) is 5.11 Å². The number of hydrogen-bond donors (Lipinski definition) is 0. The Morgan fingerprint density at radius 1 is 0.310 bits per heavy atom. The van der Waals surface area contributed by atoms with Crippen LogP contribution in [0.4, 0.5) is 0 Å². The standard InChI is InChI=1S/C40H81O2/c1-3-5-7-9-11-13-15-17-19-21-23-25-27-29-31-33-35-37-39-42-40(41)38-36-34-32-30-28-26-24-22-20-18-16-14-12-10-8-6-4-2/h40H,3-39H2,1-2H3. The molecule has 0 amide bonds. The minimum atomic E-state index is -0.785. The van der Waals surface area contributed by atoms with Crippen LogP contribution in [0.15, 0.2) is 0 Å². The van der Waals surface area contributed by atoms with E-state index in [1.807, 2.05) is 0 Å². The molecule has 0 aliphatic rings. The van der Waals surface area contributed by atoms with Crippen LogP contribution in [0, 0.1) is 0 Å². The highest BCUT2D eigenvalue weighted by molar-refractivity contribution is 4.53. The lowest BCUT2D eigenvalue weighted by atomic mass is 10.0. The summed E-state index contributed by atoms with van der Waals surface area (Å²) in [4.78, 5) is 0. The van der Waals surface area contributed by atoms with E-state index in [-0.39, 0.29) is 0 Å². The van der Waals surface area contributed by atoms with Crippen LogP contribution in [-0.2, 0) is 9.84 Å². The second-order valence-electron chi connectivity index (χ2n) is 13.8. The molecule has 0 rings (SSSR count). The maximum absolute atomic E-state index is 12.0. The zero-order valence-electron chi connectivity index (χ0n) is 29.6. The van der Waals surface area contributed by atoms with Crippen molar-refractivity contribution < 1.29 is 9.84 Å². The van der Waals surface area contributed by atoms with Crippen molar-refractivity contribution in [3.8, 4) is 0 Å². The van der Waals surface area contributed by atoms with Gasteiger partial charge in [-0.3, -0.25) is 0 Å². The molecule has 0 heterocycles. The van der Waals surface area contributed by atoms with E-state index in [0.29, 0.717) is 13.0 Å². The molecule has 253 valence electrons. The molecule has 1 atom stereocenters. The first-order valence-electron chi connectivity index (χ1n) is 20.1. The third-order valence-electron chi connectivity index (χ3n) is 9.35. The van der Waals surface area contributed by atoms with Crippen molar-refractivity contribution in [2.75, 3.05) is 6.61 Å². The average molecular weight is 594 g/mol. The molecule has 0 N–H and O–H groups in total. The number of unbranched alkanes of at least 4 members (excludes halogenated alkanes) is 33.